The van der Waals surface area contributed by atoms with Gasteiger partial charge in [-0.2, -0.15) is 4.39 Å². The lowest BCUT2D eigenvalue weighted by molar-refractivity contribution is -0.387. The first kappa shape index (κ1) is 14.9. The second kappa shape index (κ2) is 6.12. The number of halogens is 3. The Morgan fingerprint density at radius 3 is 2.68 bits per heavy atom. The van der Waals surface area contributed by atoms with Crippen LogP contribution in [0.1, 0.15) is 24.5 Å². The molecule has 1 rings (SSSR count). The van der Waals surface area contributed by atoms with Gasteiger partial charge in [0.15, 0.2) is 5.56 Å². The van der Waals surface area contributed by atoms with E-state index in [1.54, 1.807) is 0 Å². The molecule has 6 nitrogen and oxygen atoms in total. The molecule has 1 heterocycles. The van der Waals surface area contributed by atoms with Crippen molar-refractivity contribution in [3.63, 3.8) is 0 Å². The normalized spacial score (nSPS) is 10.6. The molecule has 0 saturated carbocycles. The van der Waals surface area contributed by atoms with E-state index in [4.69, 9.17) is 0 Å². The summed E-state index contributed by atoms with van der Waals surface area (Å²) in [6.07, 6.45) is -3.36. The van der Waals surface area contributed by atoms with Gasteiger partial charge in [0.25, 0.3) is 12.1 Å². The molecule has 0 bridgehead atoms. The Balaban J connectivity index is 3.28. The van der Waals surface area contributed by atoms with Crippen LogP contribution in [-0.2, 0) is 16.0 Å². The Morgan fingerprint density at radius 2 is 2.21 bits per heavy atom. The molecular weight excluding hydrogens is 269 g/mol. The number of alkyl halides is 2. The van der Waals surface area contributed by atoms with Gasteiger partial charge in [-0.1, -0.05) is 0 Å². The number of esters is 1. The molecule has 1 aromatic rings. The lowest BCUT2D eigenvalue weighted by atomic mass is 10.1. The zero-order chi connectivity index (χ0) is 14.6. The Labute approximate surface area is 105 Å². The van der Waals surface area contributed by atoms with Crippen LogP contribution < -0.4 is 0 Å². The van der Waals surface area contributed by atoms with E-state index < -0.39 is 46.5 Å². The van der Waals surface area contributed by atoms with Crippen molar-refractivity contribution in [2.75, 3.05) is 6.61 Å². The molecule has 0 unspecified atom stereocenters. The van der Waals surface area contributed by atoms with Crippen molar-refractivity contribution >= 4 is 11.7 Å². The molecule has 1 aromatic heterocycles. The highest BCUT2D eigenvalue weighted by atomic mass is 19.3. The van der Waals surface area contributed by atoms with Crippen molar-refractivity contribution in [1.29, 1.82) is 0 Å². The van der Waals surface area contributed by atoms with Gasteiger partial charge < -0.3 is 4.74 Å². The van der Waals surface area contributed by atoms with Gasteiger partial charge >= 0.3 is 5.97 Å². The van der Waals surface area contributed by atoms with Crippen LogP contribution in [0.4, 0.5) is 18.9 Å². The minimum Gasteiger partial charge on any atom is -0.466 e. The van der Waals surface area contributed by atoms with E-state index in [1.807, 2.05) is 0 Å². The SMILES string of the molecule is CCOC(=O)Cc1cnc(F)c(C(F)F)c1[N+](=O)[O-]. The highest BCUT2D eigenvalue weighted by Gasteiger charge is 2.31. The van der Waals surface area contributed by atoms with Crippen LogP contribution in [-0.4, -0.2) is 22.5 Å². The summed E-state index contributed by atoms with van der Waals surface area (Å²) in [6.45, 7) is 1.54. The molecule has 104 valence electrons. The zero-order valence-electron chi connectivity index (χ0n) is 9.73. The molecule has 0 fully saturated rings. The van der Waals surface area contributed by atoms with E-state index >= 15 is 0 Å². The third kappa shape index (κ3) is 3.39. The second-order valence-electron chi connectivity index (χ2n) is 3.38. The number of hydrogen-bond acceptors (Lipinski definition) is 5. The largest absolute Gasteiger partial charge is 0.466 e. The summed E-state index contributed by atoms with van der Waals surface area (Å²) in [5.41, 5.74) is -2.98. The van der Waals surface area contributed by atoms with E-state index in [1.165, 1.54) is 6.92 Å². The number of nitro groups is 1. The lowest BCUT2D eigenvalue weighted by Crippen LogP contribution is -2.12. The number of ether oxygens (including phenoxy) is 1. The highest BCUT2D eigenvalue weighted by Crippen LogP contribution is 2.33. The quantitative estimate of drug-likeness (QED) is 0.357. The van der Waals surface area contributed by atoms with E-state index in [2.05, 4.69) is 9.72 Å². The fraction of sp³-hybridized carbons (Fsp3) is 0.400. The van der Waals surface area contributed by atoms with E-state index in [-0.39, 0.29) is 6.61 Å². The third-order valence-electron chi connectivity index (χ3n) is 2.16. The first-order valence-corrected chi connectivity index (χ1v) is 5.13. The molecule has 0 aliphatic rings. The maximum atomic E-state index is 13.1. The molecule has 0 N–H and O–H groups in total. The number of nitrogens with zero attached hydrogens (tertiary/aromatic N) is 2. The predicted octanol–water partition coefficient (Wildman–Crippen LogP) is 2.17. The number of aromatic nitrogens is 1. The van der Waals surface area contributed by atoms with Crippen LogP contribution in [0.5, 0.6) is 0 Å². The molecular formula is C10H9F3N2O4. The van der Waals surface area contributed by atoms with Crippen molar-refractivity contribution in [2.24, 2.45) is 0 Å². The maximum absolute atomic E-state index is 13.1. The molecule has 0 aromatic carbocycles. The Kier molecular flexibility index (Phi) is 4.79. The summed E-state index contributed by atoms with van der Waals surface area (Å²) in [5.74, 6) is -2.48. The lowest BCUT2D eigenvalue weighted by Gasteiger charge is -2.07. The summed E-state index contributed by atoms with van der Waals surface area (Å²) in [6, 6.07) is 0. The van der Waals surface area contributed by atoms with Crippen molar-refractivity contribution in [2.45, 2.75) is 19.8 Å². The summed E-state index contributed by atoms with van der Waals surface area (Å²) in [7, 11) is 0. The molecule has 0 spiro atoms. The van der Waals surface area contributed by atoms with E-state index in [9.17, 15) is 28.1 Å². The topological polar surface area (TPSA) is 82.3 Å². The summed E-state index contributed by atoms with van der Waals surface area (Å²) < 4.78 is 42.9. The molecule has 0 atom stereocenters. The van der Waals surface area contributed by atoms with E-state index in [0.29, 0.717) is 6.20 Å². The number of pyridine rings is 1. The first-order valence-electron chi connectivity index (χ1n) is 5.13. The van der Waals surface area contributed by atoms with Crippen molar-refractivity contribution in [1.82, 2.24) is 4.98 Å². The summed E-state index contributed by atoms with van der Waals surface area (Å²) in [5, 5.41) is 10.8. The number of carbonyl (C=O) groups excluding carboxylic acids is 1. The van der Waals surface area contributed by atoms with Crippen LogP contribution in [0.15, 0.2) is 6.20 Å². The van der Waals surface area contributed by atoms with Gasteiger partial charge in [-0.25, -0.2) is 13.8 Å². The maximum Gasteiger partial charge on any atom is 0.310 e. The van der Waals surface area contributed by atoms with Crippen LogP contribution >= 0.6 is 0 Å². The fourth-order valence-corrected chi connectivity index (χ4v) is 1.44. The highest BCUT2D eigenvalue weighted by molar-refractivity contribution is 5.74. The zero-order valence-corrected chi connectivity index (χ0v) is 9.73. The fourth-order valence-electron chi connectivity index (χ4n) is 1.44. The van der Waals surface area contributed by atoms with Crippen LogP contribution in [0.2, 0.25) is 0 Å². The van der Waals surface area contributed by atoms with Gasteiger partial charge in [0.2, 0.25) is 5.95 Å². The Hall–Kier alpha value is -2.19. The van der Waals surface area contributed by atoms with Crippen molar-refractivity contribution in [3.8, 4) is 0 Å². The Morgan fingerprint density at radius 1 is 1.58 bits per heavy atom. The first-order chi connectivity index (χ1) is 8.88. The molecule has 0 aliphatic heterocycles. The van der Waals surface area contributed by atoms with E-state index in [0.717, 1.165) is 0 Å². The second-order valence-corrected chi connectivity index (χ2v) is 3.38. The summed E-state index contributed by atoms with van der Waals surface area (Å²) >= 11 is 0. The molecule has 19 heavy (non-hydrogen) atoms. The van der Waals surface area contributed by atoms with Gasteiger partial charge in [-0.15, -0.1) is 0 Å². The average Bonchev–Trinajstić information content (AvgIpc) is 2.30. The van der Waals surface area contributed by atoms with Crippen LogP contribution in [0, 0.1) is 16.1 Å². The Bertz CT molecular complexity index is 508. The van der Waals surface area contributed by atoms with Crippen LogP contribution in [0.25, 0.3) is 0 Å². The summed E-state index contributed by atoms with van der Waals surface area (Å²) in [4.78, 5) is 23.8. The molecule has 0 aliphatic carbocycles. The molecule has 0 saturated heterocycles. The van der Waals surface area contributed by atoms with Gasteiger partial charge in [-0.3, -0.25) is 14.9 Å². The number of rotatable bonds is 5. The number of carbonyl (C=O) groups is 1. The monoisotopic (exact) mass is 278 g/mol. The smallest absolute Gasteiger partial charge is 0.310 e. The van der Waals surface area contributed by atoms with Gasteiger partial charge in [-0.05, 0) is 6.92 Å². The van der Waals surface area contributed by atoms with Gasteiger partial charge in [0.1, 0.15) is 0 Å². The predicted molar refractivity (Wildman–Crippen MR) is 56.1 cm³/mol. The minimum atomic E-state index is -3.41. The third-order valence-corrected chi connectivity index (χ3v) is 2.16. The molecule has 0 radical (unpaired) electrons. The van der Waals surface area contributed by atoms with Crippen molar-refractivity contribution in [3.05, 3.63) is 33.4 Å². The average molecular weight is 278 g/mol. The molecule has 9 heteroatoms. The number of hydrogen-bond donors (Lipinski definition) is 0. The standard InChI is InChI=1S/C10H9F3N2O4/c1-2-19-6(16)3-5-4-14-10(13)7(9(11)12)8(5)15(17)18/h4,9H,2-3H2,1H3. The van der Waals surface area contributed by atoms with Gasteiger partial charge in [0.05, 0.1) is 23.5 Å². The van der Waals surface area contributed by atoms with Crippen molar-refractivity contribution < 1.29 is 27.6 Å². The van der Waals surface area contributed by atoms with Gasteiger partial charge in [0, 0.05) is 6.20 Å². The molecule has 0 amide bonds. The van der Waals surface area contributed by atoms with Crippen LogP contribution in [0.3, 0.4) is 0 Å². The minimum absolute atomic E-state index is 0.0307.